The highest BCUT2D eigenvalue weighted by atomic mass is 32.2. The fourth-order valence-corrected chi connectivity index (χ4v) is 1.98. The minimum absolute atomic E-state index is 0.136. The maximum atomic E-state index is 12.2. The molecule has 102 valence electrons. The molecular weight excluding hydrogens is 260 g/mol. The quantitative estimate of drug-likeness (QED) is 0.831. The Morgan fingerprint density at radius 2 is 2.06 bits per heavy atom. The molecule has 0 aliphatic heterocycles. The smallest absolute Gasteiger partial charge is 0.387 e. The number of hydrogen-bond acceptors (Lipinski definition) is 3. The van der Waals surface area contributed by atoms with E-state index < -0.39 is 17.4 Å². The topological polar surface area (TPSA) is 38.3 Å². The molecule has 0 radical (unpaired) electrons. The molecule has 2 atom stereocenters. The molecule has 0 spiro atoms. The number of para-hydroxylation sites is 1. The Labute approximate surface area is 108 Å². The monoisotopic (exact) mass is 277 g/mol. The van der Waals surface area contributed by atoms with Gasteiger partial charge in [0.05, 0.1) is 0 Å². The largest absolute Gasteiger partial charge is 0.434 e. The first-order chi connectivity index (χ1) is 8.50. The van der Waals surface area contributed by atoms with Crippen LogP contribution in [-0.2, 0) is 10.8 Å². The summed E-state index contributed by atoms with van der Waals surface area (Å²) in [5, 5.41) is 3.13. The summed E-state index contributed by atoms with van der Waals surface area (Å²) in [7, 11) is -0.867. The van der Waals surface area contributed by atoms with Crippen molar-refractivity contribution in [2.45, 2.75) is 19.6 Å². The Kier molecular flexibility index (Phi) is 6.21. The molecule has 1 rings (SSSR count). The van der Waals surface area contributed by atoms with Crippen LogP contribution in [0, 0.1) is 0 Å². The molecule has 3 nitrogen and oxygen atoms in total. The van der Waals surface area contributed by atoms with E-state index in [9.17, 15) is 13.0 Å². The van der Waals surface area contributed by atoms with E-state index in [4.69, 9.17) is 0 Å². The van der Waals surface area contributed by atoms with Crippen LogP contribution in [0.25, 0.3) is 0 Å². The van der Waals surface area contributed by atoms with Gasteiger partial charge in [0.2, 0.25) is 0 Å². The van der Waals surface area contributed by atoms with E-state index in [1.165, 1.54) is 6.07 Å². The van der Waals surface area contributed by atoms with Gasteiger partial charge in [0.15, 0.2) is 0 Å². The van der Waals surface area contributed by atoms with Gasteiger partial charge in [-0.1, -0.05) is 18.2 Å². The van der Waals surface area contributed by atoms with Crippen LogP contribution in [0.2, 0.25) is 0 Å². The van der Waals surface area contributed by atoms with Gasteiger partial charge in [0, 0.05) is 41.0 Å². The zero-order chi connectivity index (χ0) is 13.5. The molecule has 18 heavy (non-hydrogen) atoms. The molecule has 1 N–H and O–H groups in total. The van der Waals surface area contributed by atoms with Crippen LogP contribution in [0.5, 0.6) is 5.75 Å². The number of hydrogen-bond donors (Lipinski definition) is 1. The van der Waals surface area contributed by atoms with E-state index in [0.29, 0.717) is 17.9 Å². The van der Waals surface area contributed by atoms with Gasteiger partial charge in [0.1, 0.15) is 5.75 Å². The van der Waals surface area contributed by atoms with Gasteiger partial charge in [-0.3, -0.25) is 4.21 Å². The van der Waals surface area contributed by atoms with Crippen molar-refractivity contribution >= 4 is 10.8 Å². The molecule has 1 aromatic carbocycles. The average molecular weight is 277 g/mol. The summed E-state index contributed by atoms with van der Waals surface area (Å²) in [6.07, 6.45) is 1.63. The van der Waals surface area contributed by atoms with Gasteiger partial charge in [-0.2, -0.15) is 8.78 Å². The van der Waals surface area contributed by atoms with Crippen LogP contribution >= 0.6 is 0 Å². The molecule has 0 fully saturated rings. The Bertz CT molecular complexity index is 401. The number of ether oxygens (including phenoxy) is 1. The highest BCUT2D eigenvalue weighted by molar-refractivity contribution is 7.84. The first-order valence-corrected chi connectivity index (χ1v) is 7.30. The van der Waals surface area contributed by atoms with Crippen LogP contribution in [0.4, 0.5) is 8.78 Å². The van der Waals surface area contributed by atoms with Gasteiger partial charge in [-0.05, 0) is 13.0 Å². The normalized spacial score (nSPS) is 14.5. The van der Waals surface area contributed by atoms with Crippen molar-refractivity contribution in [1.82, 2.24) is 5.32 Å². The predicted octanol–water partition coefficient (Wildman–Crippen LogP) is 2.32. The molecular formula is C12H17F2NO2S. The summed E-state index contributed by atoms with van der Waals surface area (Å²) in [6.45, 7) is -0.416. The average Bonchev–Trinajstić information content (AvgIpc) is 2.28. The Morgan fingerprint density at radius 3 is 2.67 bits per heavy atom. The van der Waals surface area contributed by atoms with Crippen LogP contribution in [0.3, 0.4) is 0 Å². The minimum Gasteiger partial charge on any atom is -0.434 e. The Balaban J connectivity index is 2.66. The van der Waals surface area contributed by atoms with Gasteiger partial charge in [0.25, 0.3) is 0 Å². The molecule has 0 saturated carbocycles. The number of alkyl halides is 2. The second-order valence-electron chi connectivity index (χ2n) is 3.87. The Hall–Kier alpha value is -1.01. The molecule has 0 amide bonds. The third-order valence-corrected chi connectivity index (χ3v) is 3.22. The van der Waals surface area contributed by atoms with E-state index >= 15 is 0 Å². The molecule has 0 aliphatic rings. The van der Waals surface area contributed by atoms with Crippen LogP contribution in [-0.4, -0.2) is 29.4 Å². The molecule has 0 heterocycles. The van der Waals surface area contributed by atoms with E-state index in [-0.39, 0.29) is 11.8 Å². The maximum Gasteiger partial charge on any atom is 0.387 e. The standard InChI is InChI=1S/C12H17F2NO2S/c1-9(15-7-8-18(2)16)10-5-3-4-6-11(10)17-12(13)14/h3-6,9,12,15H,7-8H2,1-2H3. The van der Waals surface area contributed by atoms with Gasteiger partial charge < -0.3 is 10.1 Å². The third-order valence-electron chi connectivity index (χ3n) is 2.44. The molecule has 0 aromatic heterocycles. The van der Waals surface area contributed by atoms with Gasteiger partial charge in [-0.15, -0.1) is 0 Å². The van der Waals surface area contributed by atoms with Crippen LogP contribution in [0.1, 0.15) is 18.5 Å². The lowest BCUT2D eigenvalue weighted by atomic mass is 10.1. The summed E-state index contributed by atoms with van der Waals surface area (Å²) in [6, 6.07) is 6.53. The summed E-state index contributed by atoms with van der Waals surface area (Å²) in [4.78, 5) is 0. The highest BCUT2D eigenvalue weighted by Crippen LogP contribution is 2.25. The van der Waals surface area contributed by atoms with Gasteiger partial charge >= 0.3 is 6.61 Å². The first-order valence-electron chi connectivity index (χ1n) is 5.58. The maximum absolute atomic E-state index is 12.2. The SMILES string of the molecule is CC(NCCS(C)=O)c1ccccc1OC(F)F. The molecule has 0 bridgehead atoms. The number of nitrogens with one attached hydrogen (secondary N) is 1. The van der Waals surface area contributed by atoms with E-state index in [1.807, 2.05) is 6.92 Å². The second-order valence-corrected chi connectivity index (χ2v) is 5.42. The lowest BCUT2D eigenvalue weighted by Crippen LogP contribution is -2.24. The van der Waals surface area contributed by atoms with Crippen molar-refractivity contribution in [2.75, 3.05) is 18.6 Å². The number of benzene rings is 1. The molecule has 2 unspecified atom stereocenters. The lowest BCUT2D eigenvalue weighted by molar-refractivity contribution is -0.0506. The fourth-order valence-electron chi connectivity index (χ4n) is 1.57. The zero-order valence-corrected chi connectivity index (χ0v) is 11.2. The highest BCUT2D eigenvalue weighted by Gasteiger charge is 2.13. The summed E-state index contributed by atoms with van der Waals surface area (Å²) in [5.74, 6) is 0.701. The zero-order valence-electron chi connectivity index (χ0n) is 10.4. The van der Waals surface area contributed by atoms with Crippen molar-refractivity contribution in [3.8, 4) is 5.75 Å². The predicted molar refractivity (Wildman–Crippen MR) is 68.4 cm³/mol. The molecule has 0 saturated heterocycles. The summed E-state index contributed by atoms with van der Waals surface area (Å²) in [5.41, 5.74) is 0.666. The van der Waals surface area contributed by atoms with E-state index in [0.717, 1.165) is 0 Å². The number of halogens is 2. The van der Waals surface area contributed by atoms with Crippen LogP contribution in [0.15, 0.2) is 24.3 Å². The molecule has 1 aromatic rings. The van der Waals surface area contributed by atoms with Crippen molar-refractivity contribution in [3.05, 3.63) is 29.8 Å². The fraction of sp³-hybridized carbons (Fsp3) is 0.500. The number of rotatable bonds is 7. The minimum atomic E-state index is -2.83. The molecule has 6 heteroatoms. The summed E-state index contributed by atoms with van der Waals surface area (Å²) >= 11 is 0. The third kappa shape index (κ3) is 5.10. The van der Waals surface area contributed by atoms with Crippen molar-refractivity contribution in [2.24, 2.45) is 0 Å². The van der Waals surface area contributed by atoms with Gasteiger partial charge in [-0.25, -0.2) is 0 Å². The van der Waals surface area contributed by atoms with Crippen molar-refractivity contribution in [1.29, 1.82) is 0 Å². The van der Waals surface area contributed by atoms with Crippen molar-refractivity contribution in [3.63, 3.8) is 0 Å². The molecule has 0 aliphatic carbocycles. The van der Waals surface area contributed by atoms with Crippen molar-refractivity contribution < 1.29 is 17.7 Å². The van der Waals surface area contributed by atoms with E-state index in [2.05, 4.69) is 10.1 Å². The summed E-state index contributed by atoms with van der Waals surface area (Å²) < 4.78 is 39.9. The second kappa shape index (κ2) is 7.43. The Morgan fingerprint density at radius 1 is 1.39 bits per heavy atom. The lowest BCUT2D eigenvalue weighted by Gasteiger charge is -2.17. The van der Waals surface area contributed by atoms with Crippen LogP contribution < -0.4 is 10.1 Å². The van der Waals surface area contributed by atoms with E-state index in [1.54, 1.807) is 24.5 Å². The first kappa shape index (κ1) is 15.0.